The van der Waals surface area contributed by atoms with Crippen molar-refractivity contribution in [3.05, 3.63) is 39.9 Å². The van der Waals surface area contributed by atoms with E-state index in [9.17, 15) is 10.1 Å². The van der Waals surface area contributed by atoms with Gasteiger partial charge in [0, 0.05) is 38.4 Å². The van der Waals surface area contributed by atoms with E-state index in [-0.39, 0.29) is 10.6 Å². The molecule has 0 aliphatic heterocycles. The molecule has 1 rings (SSSR count). The molecule has 0 radical (unpaired) electrons. The van der Waals surface area contributed by atoms with Crippen molar-refractivity contribution >= 4 is 5.69 Å². The van der Waals surface area contributed by atoms with E-state index in [0.29, 0.717) is 24.6 Å². The maximum absolute atomic E-state index is 10.8. The third kappa shape index (κ3) is 4.50. The number of nitro groups is 1. The summed E-state index contributed by atoms with van der Waals surface area (Å²) in [7, 11) is 1.67. The molecule has 0 saturated carbocycles. The molecule has 0 aliphatic rings. The lowest BCUT2D eigenvalue weighted by atomic mass is 10.1. The highest BCUT2D eigenvalue weighted by Gasteiger charge is 2.11. The van der Waals surface area contributed by atoms with Gasteiger partial charge in [-0.25, -0.2) is 0 Å². The first kappa shape index (κ1) is 13.6. The number of nitro benzene ring substituents is 1. The number of hydrogen-bond donors (Lipinski definition) is 1. The fourth-order valence-electron chi connectivity index (χ4n) is 1.64. The molecule has 0 amide bonds. The second-order valence-electron chi connectivity index (χ2n) is 4.08. The van der Waals surface area contributed by atoms with Crippen LogP contribution in [0, 0.1) is 16.0 Å². The molecule has 1 atom stereocenters. The Bertz CT molecular complexity index is 369. The van der Waals surface area contributed by atoms with Crippen molar-refractivity contribution in [1.82, 2.24) is 5.32 Å². The van der Waals surface area contributed by atoms with Crippen molar-refractivity contribution in [2.24, 2.45) is 5.92 Å². The molecule has 0 heterocycles. The Hall–Kier alpha value is -1.46. The minimum atomic E-state index is -0.352. The standard InChI is InChI=1S/C12H18N2O3/c1-10(9-17-2)7-13-8-11-5-3-4-6-12(11)14(15)16/h3-6,10,13H,7-9H2,1-2H3. The fourth-order valence-corrected chi connectivity index (χ4v) is 1.64. The molecular weight excluding hydrogens is 220 g/mol. The summed E-state index contributed by atoms with van der Waals surface area (Å²) >= 11 is 0. The topological polar surface area (TPSA) is 64.4 Å². The lowest BCUT2D eigenvalue weighted by Crippen LogP contribution is -2.23. The van der Waals surface area contributed by atoms with Crippen LogP contribution in [-0.4, -0.2) is 25.2 Å². The van der Waals surface area contributed by atoms with Crippen molar-refractivity contribution in [1.29, 1.82) is 0 Å². The van der Waals surface area contributed by atoms with Gasteiger partial charge in [-0.2, -0.15) is 0 Å². The highest BCUT2D eigenvalue weighted by molar-refractivity contribution is 5.39. The molecule has 5 nitrogen and oxygen atoms in total. The lowest BCUT2D eigenvalue weighted by molar-refractivity contribution is -0.385. The quantitative estimate of drug-likeness (QED) is 0.582. The monoisotopic (exact) mass is 238 g/mol. The Kier molecular flexibility index (Phi) is 5.59. The highest BCUT2D eigenvalue weighted by atomic mass is 16.6. The highest BCUT2D eigenvalue weighted by Crippen LogP contribution is 2.17. The number of methoxy groups -OCH3 is 1. The molecular formula is C12H18N2O3. The van der Waals surface area contributed by atoms with Gasteiger partial charge in [0.2, 0.25) is 0 Å². The van der Waals surface area contributed by atoms with Gasteiger partial charge in [0.05, 0.1) is 4.92 Å². The van der Waals surface area contributed by atoms with E-state index >= 15 is 0 Å². The van der Waals surface area contributed by atoms with Crippen molar-refractivity contribution < 1.29 is 9.66 Å². The Morgan fingerprint density at radius 3 is 2.82 bits per heavy atom. The van der Waals surface area contributed by atoms with Gasteiger partial charge in [0.1, 0.15) is 0 Å². The zero-order valence-corrected chi connectivity index (χ0v) is 10.2. The van der Waals surface area contributed by atoms with Crippen LogP contribution in [0.3, 0.4) is 0 Å². The van der Waals surface area contributed by atoms with E-state index in [2.05, 4.69) is 12.2 Å². The van der Waals surface area contributed by atoms with Gasteiger partial charge >= 0.3 is 0 Å². The van der Waals surface area contributed by atoms with E-state index in [1.165, 1.54) is 6.07 Å². The predicted octanol–water partition coefficient (Wildman–Crippen LogP) is 1.97. The minimum Gasteiger partial charge on any atom is -0.384 e. The van der Waals surface area contributed by atoms with Gasteiger partial charge in [-0.05, 0) is 5.92 Å². The molecule has 1 aromatic rings. The molecule has 0 bridgehead atoms. The second-order valence-corrected chi connectivity index (χ2v) is 4.08. The number of benzene rings is 1. The van der Waals surface area contributed by atoms with E-state index in [1.54, 1.807) is 19.2 Å². The van der Waals surface area contributed by atoms with E-state index in [1.807, 2.05) is 6.07 Å². The van der Waals surface area contributed by atoms with Crippen LogP contribution in [0.15, 0.2) is 24.3 Å². The van der Waals surface area contributed by atoms with Gasteiger partial charge in [0.25, 0.3) is 5.69 Å². The first-order valence-electron chi connectivity index (χ1n) is 5.57. The summed E-state index contributed by atoms with van der Waals surface area (Å²) in [6.07, 6.45) is 0. The number of para-hydroxylation sites is 1. The largest absolute Gasteiger partial charge is 0.384 e. The number of nitrogens with one attached hydrogen (secondary N) is 1. The van der Waals surface area contributed by atoms with Gasteiger partial charge in [-0.1, -0.05) is 25.1 Å². The van der Waals surface area contributed by atoms with Gasteiger partial charge in [-0.15, -0.1) is 0 Å². The van der Waals surface area contributed by atoms with E-state index in [0.717, 1.165) is 6.54 Å². The fraction of sp³-hybridized carbons (Fsp3) is 0.500. The van der Waals surface area contributed by atoms with Crippen LogP contribution in [0.1, 0.15) is 12.5 Å². The maximum atomic E-state index is 10.8. The summed E-state index contributed by atoms with van der Waals surface area (Å²) in [5, 5.41) is 14.0. The van der Waals surface area contributed by atoms with Crippen molar-refractivity contribution in [2.45, 2.75) is 13.5 Å². The average Bonchev–Trinajstić information content (AvgIpc) is 2.30. The maximum Gasteiger partial charge on any atom is 0.273 e. The number of ether oxygens (including phenoxy) is 1. The molecule has 1 aromatic carbocycles. The zero-order valence-electron chi connectivity index (χ0n) is 10.2. The van der Waals surface area contributed by atoms with Crippen molar-refractivity contribution in [3.8, 4) is 0 Å². The number of rotatable bonds is 7. The molecule has 0 spiro atoms. The summed E-state index contributed by atoms with van der Waals surface area (Å²) in [5.41, 5.74) is 0.876. The molecule has 0 fully saturated rings. The third-order valence-corrected chi connectivity index (χ3v) is 2.45. The Morgan fingerprint density at radius 2 is 2.18 bits per heavy atom. The SMILES string of the molecule is COCC(C)CNCc1ccccc1[N+](=O)[O-]. The number of hydrogen-bond acceptors (Lipinski definition) is 4. The van der Waals surface area contributed by atoms with E-state index in [4.69, 9.17) is 4.74 Å². The lowest BCUT2D eigenvalue weighted by Gasteiger charge is -2.11. The molecule has 94 valence electrons. The zero-order chi connectivity index (χ0) is 12.7. The smallest absolute Gasteiger partial charge is 0.273 e. The van der Waals surface area contributed by atoms with Gasteiger partial charge in [-0.3, -0.25) is 10.1 Å². The van der Waals surface area contributed by atoms with Crippen LogP contribution >= 0.6 is 0 Å². The summed E-state index contributed by atoms with van der Waals surface area (Å²) in [4.78, 5) is 10.4. The summed E-state index contributed by atoms with van der Waals surface area (Å²) in [6.45, 7) is 4.03. The van der Waals surface area contributed by atoms with Crippen LogP contribution in [0.4, 0.5) is 5.69 Å². The van der Waals surface area contributed by atoms with Crippen LogP contribution in [0.2, 0.25) is 0 Å². The van der Waals surface area contributed by atoms with Crippen molar-refractivity contribution in [3.63, 3.8) is 0 Å². The van der Waals surface area contributed by atoms with Crippen LogP contribution < -0.4 is 5.32 Å². The first-order chi connectivity index (χ1) is 8.15. The molecule has 17 heavy (non-hydrogen) atoms. The molecule has 0 saturated heterocycles. The summed E-state index contributed by atoms with van der Waals surface area (Å²) in [5.74, 6) is 0.391. The Balaban J connectivity index is 2.49. The summed E-state index contributed by atoms with van der Waals surface area (Å²) in [6, 6.07) is 6.78. The molecule has 5 heteroatoms. The second kappa shape index (κ2) is 6.98. The normalized spacial score (nSPS) is 12.4. The molecule has 1 unspecified atom stereocenters. The van der Waals surface area contributed by atoms with Gasteiger partial charge < -0.3 is 10.1 Å². The average molecular weight is 238 g/mol. The van der Waals surface area contributed by atoms with Crippen LogP contribution in [-0.2, 0) is 11.3 Å². The van der Waals surface area contributed by atoms with Crippen molar-refractivity contribution in [2.75, 3.05) is 20.3 Å². The third-order valence-electron chi connectivity index (χ3n) is 2.45. The van der Waals surface area contributed by atoms with Gasteiger partial charge in [0.15, 0.2) is 0 Å². The molecule has 1 N–H and O–H groups in total. The predicted molar refractivity (Wildman–Crippen MR) is 65.8 cm³/mol. The number of nitrogens with zero attached hydrogens (tertiary/aromatic N) is 1. The minimum absolute atomic E-state index is 0.166. The Labute approximate surface area is 101 Å². The van der Waals surface area contributed by atoms with Crippen LogP contribution in [0.5, 0.6) is 0 Å². The first-order valence-corrected chi connectivity index (χ1v) is 5.57. The van der Waals surface area contributed by atoms with E-state index < -0.39 is 0 Å². The Morgan fingerprint density at radius 1 is 1.47 bits per heavy atom. The van der Waals surface area contributed by atoms with Crippen LogP contribution in [0.25, 0.3) is 0 Å². The molecule has 0 aliphatic carbocycles. The molecule has 0 aromatic heterocycles. The summed E-state index contributed by atoms with van der Waals surface area (Å²) < 4.78 is 5.02.